The molecule has 0 atom stereocenters. The number of nitrogens with one attached hydrogen (secondary N) is 2. The Labute approximate surface area is 138 Å². The number of carbonyl (C=O) groups is 1. The first-order valence-corrected chi connectivity index (χ1v) is 7.39. The molecule has 1 amide bonds. The van der Waals surface area contributed by atoms with E-state index in [2.05, 4.69) is 10.6 Å². The second kappa shape index (κ2) is 6.78. The zero-order chi connectivity index (χ0) is 16.9. The Morgan fingerprint density at radius 1 is 0.917 bits per heavy atom. The third kappa shape index (κ3) is 3.67. The number of hydrogen-bond donors (Lipinski definition) is 2. The minimum absolute atomic E-state index is 0.0118. The lowest BCUT2D eigenvalue weighted by Gasteiger charge is -2.08. The molecule has 0 aliphatic carbocycles. The largest absolute Gasteiger partial charge is 0.376 e. The van der Waals surface area contributed by atoms with Gasteiger partial charge in [0.15, 0.2) is 0 Å². The summed E-state index contributed by atoms with van der Waals surface area (Å²) in [5, 5.41) is 18.6. The highest BCUT2D eigenvalue weighted by molar-refractivity contribution is 5.94. The molecule has 0 aliphatic rings. The van der Waals surface area contributed by atoms with Crippen molar-refractivity contribution in [1.29, 1.82) is 0 Å². The summed E-state index contributed by atoms with van der Waals surface area (Å²) in [5.41, 5.74) is 1.36. The van der Waals surface area contributed by atoms with Crippen molar-refractivity contribution in [1.82, 2.24) is 0 Å². The quantitative estimate of drug-likeness (QED) is 0.553. The molecule has 0 saturated carbocycles. The molecule has 24 heavy (non-hydrogen) atoms. The van der Waals surface area contributed by atoms with E-state index in [0.29, 0.717) is 5.69 Å². The van der Waals surface area contributed by atoms with Gasteiger partial charge in [0, 0.05) is 23.5 Å². The SMILES string of the molecule is O=C(CNc1ccc2ccccc2c1)Nc1ccc([N+](=O)[O-])cc1. The van der Waals surface area contributed by atoms with Gasteiger partial charge in [0.2, 0.25) is 5.91 Å². The second-order valence-corrected chi connectivity index (χ2v) is 5.27. The van der Waals surface area contributed by atoms with Crippen LogP contribution < -0.4 is 10.6 Å². The van der Waals surface area contributed by atoms with Crippen LogP contribution >= 0.6 is 0 Å². The third-order valence-corrected chi connectivity index (χ3v) is 3.56. The molecule has 0 aromatic heterocycles. The molecule has 3 rings (SSSR count). The Balaban J connectivity index is 1.59. The number of hydrogen-bond acceptors (Lipinski definition) is 4. The summed E-state index contributed by atoms with van der Waals surface area (Å²) in [6, 6.07) is 19.6. The zero-order valence-electron chi connectivity index (χ0n) is 12.7. The Morgan fingerprint density at radius 3 is 2.29 bits per heavy atom. The van der Waals surface area contributed by atoms with Crippen molar-refractivity contribution in [3.8, 4) is 0 Å². The van der Waals surface area contributed by atoms with E-state index in [1.165, 1.54) is 24.3 Å². The maximum Gasteiger partial charge on any atom is 0.269 e. The van der Waals surface area contributed by atoms with Crippen molar-refractivity contribution in [3.05, 3.63) is 76.8 Å². The van der Waals surface area contributed by atoms with Crippen LogP contribution in [-0.4, -0.2) is 17.4 Å². The molecule has 120 valence electrons. The average Bonchev–Trinajstić information content (AvgIpc) is 2.60. The number of nitro groups is 1. The van der Waals surface area contributed by atoms with E-state index in [9.17, 15) is 14.9 Å². The topological polar surface area (TPSA) is 84.3 Å². The van der Waals surface area contributed by atoms with Crippen LogP contribution in [0.2, 0.25) is 0 Å². The zero-order valence-corrected chi connectivity index (χ0v) is 12.7. The van der Waals surface area contributed by atoms with Crippen LogP contribution in [0.1, 0.15) is 0 Å². The van der Waals surface area contributed by atoms with Crippen LogP contribution in [0.5, 0.6) is 0 Å². The van der Waals surface area contributed by atoms with E-state index in [1.54, 1.807) is 0 Å². The molecule has 6 heteroatoms. The predicted octanol–water partition coefficient (Wildman–Crippen LogP) is 3.80. The summed E-state index contributed by atoms with van der Waals surface area (Å²) < 4.78 is 0. The van der Waals surface area contributed by atoms with Crippen LogP contribution in [0, 0.1) is 10.1 Å². The lowest BCUT2D eigenvalue weighted by molar-refractivity contribution is -0.384. The monoisotopic (exact) mass is 321 g/mol. The van der Waals surface area contributed by atoms with Gasteiger partial charge in [0.05, 0.1) is 11.5 Å². The number of fused-ring (bicyclic) bond motifs is 1. The van der Waals surface area contributed by atoms with E-state index in [4.69, 9.17) is 0 Å². The molecule has 0 radical (unpaired) electrons. The third-order valence-electron chi connectivity index (χ3n) is 3.56. The number of amides is 1. The van der Waals surface area contributed by atoms with Gasteiger partial charge in [0.25, 0.3) is 5.69 Å². The van der Waals surface area contributed by atoms with Gasteiger partial charge < -0.3 is 10.6 Å². The molecule has 0 spiro atoms. The van der Waals surface area contributed by atoms with Crippen molar-refractivity contribution in [2.75, 3.05) is 17.2 Å². The van der Waals surface area contributed by atoms with Crippen molar-refractivity contribution < 1.29 is 9.72 Å². The highest BCUT2D eigenvalue weighted by Crippen LogP contribution is 2.19. The lowest BCUT2D eigenvalue weighted by atomic mass is 10.1. The number of non-ortho nitro benzene ring substituents is 1. The number of nitro benzene ring substituents is 1. The van der Waals surface area contributed by atoms with Gasteiger partial charge in [-0.25, -0.2) is 0 Å². The lowest BCUT2D eigenvalue weighted by Crippen LogP contribution is -2.21. The van der Waals surface area contributed by atoms with Gasteiger partial charge in [-0.15, -0.1) is 0 Å². The number of carbonyl (C=O) groups excluding carboxylic acids is 1. The van der Waals surface area contributed by atoms with Crippen LogP contribution in [0.4, 0.5) is 17.1 Å². The number of rotatable bonds is 5. The Hall–Kier alpha value is -3.41. The highest BCUT2D eigenvalue weighted by atomic mass is 16.6. The van der Waals surface area contributed by atoms with Gasteiger partial charge >= 0.3 is 0 Å². The van der Waals surface area contributed by atoms with Gasteiger partial charge in [-0.2, -0.15) is 0 Å². The molecule has 2 N–H and O–H groups in total. The summed E-state index contributed by atoms with van der Waals surface area (Å²) in [6.45, 7) is 0.106. The molecule has 6 nitrogen and oxygen atoms in total. The minimum atomic E-state index is -0.479. The molecule has 3 aromatic carbocycles. The molecule has 0 fully saturated rings. The maximum atomic E-state index is 12.0. The van der Waals surface area contributed by atoms with E-state index < -0.39 is 4.92 Å². The molecule has 3 aromatic rings. The predicted molar refractivity (Wildman–Crippen MR) is 94.2 cm³/mol. The smallest absolute Gasteiger partial charge is 0.269 e. The second-order valence-electron chi connectivity index (χ2n) is 5.27. The Bertz CT molecular complexity index is 891. The Kier molecular flexibility index (Phi) is 4.38. The van der Waals surface area contributed by atoms with Crippen molar-refractivity contribution in [2.45, 2.75) is 0 Å². The first-order valence-electron chi connectivity index (χ1n) is 7.39. The summed E-state index contributed by atoms with van der Waals surface area (Å²) in [7, 11) is 0. The van der Waals surface area contributed by atoms with Gasteiger partial charge in [-0.3, -0.25) is 14.9 Å². The summed E-state index contributed by atoms with van der Waals surface area (Å²) in [6.07, 6.45) is 0. The van der Waals surface area contributed by atoms with E-state index in [0.717, 1.165) is 16.5 Å². The molecule has 0 aliphatic heterocycles. The summed E-state index contributed by atoms with van der Waals surface area (Å²) in [5.74, 6) is -0.225. The van der Waals surface area contributed by atoms with Crippen LogP contribution in [-0.2, 0) is 4.79 Å². The van der Waals surface area contributed by atoms with E-state index >= 15 is 0 Å². The first kappa shape index (κ1) is 15.5. The van der Waals surface area contributed by atoms with Crippen molar-refractivity contribution >= 4 is 33.7 Å². The molecular formula is C18H15N3O3. The molecule has 0 bridgehead atoms. The maximum absolute atomic E-state index is 12.0. The summed E-state index contributed by atoms with van der Waals surface area (Å²) >= 11 is 0. The van der Waals surface area contributed by atoms with Crippen LogP contribution in [0.3, 0.4) is 0 Å². The van der Waals surface area contributed by atoms with Gasteiger partial charge in [-0.05, 0) is 35.0 Å². The molecular weight excluding hydrogens is 306 g/mol. The molecule has 0 heterocycles. The number of benzene rings is 3. The normalized spacial score (nSPS) is 10.3. The number of nitrogens with zero attached hydrogens (tertiary/aromatic N) is 1. The highest BCUT2D eigenvalue weighted by Gasteiger charge is 2.06. The molecule has 0 saturated heterocycles. The fourth-order valence-electron chi connectivity index (χ4n) is 2.35. The van der Waals surface area contributed by atoms with Crippen molar-refractivity contribution in [3.63, 3.8) is 0 Å². The van der Waals surface area contributed by atoms with Gasteiger partial charge in [0.1, 0.15) is 0 Å². The van der Waals surface area contributed by atoms with E-state index in [1.807, 2.05) is 42.5 Å². The van der Waals surface area contributed by atoms with Crippen LogP contribution in [0.15, 0.2) is 66.7 Å². The minimum Gasteiger partial charge on any atom is -0.376 e. The van der Waals surface area contributed by atoms with Crippen LogP contribution in [0.25, 0.3) is 10.8 Å². The fourth-order valence-corrected chi connectivity index (χ4v) is 2.35. The Morgan fingerprint density at radius 2 is 1.58 bits per heavy atom. The van der Waals surface area contributed by atoms with Gasteiger partial charge in [-0.1, -0.05) is 30.3 Å². The fraction of sp³-hybridized carbons (Fsp3) is 0.0556. The number of anilines is 2. The van der Waals surface area contributed by atoms with E-state index in [-0.39, 0.29) is 18.1 Å². The standard InChI is InChI=1S/C18H15N3O3/c22-18(20-15-7-9-17(10-8-15)21(23)24)12-19-16-6-5-13-3-1-2-4-14(13)11-16/h1-11,19H,12H2,(H,20,22). The summed E-state index contributed by atoms with van der Waals surface area (Å²) in [4.78, 5) is 22.1. The molecule has 0 unspecified atom stereocenters. The van der Waals surface area contributed by atoms with Crippen molar-refractivity contribution in [2.24, 2.45) is 0 Å². The average molecular weight is 321 g/mol. The first-order chi connectivity index (χ1) is 11.6.